The summed E-state index contributed by atoms with van der Waals surface area (Å²) in [7, 11) is 0. The second-order valence-electron chi connectivity index (χ2n) is 4.51. The second kappa shape index (κ2) is 4.38. The molecule has 0 fully saturated rings. The van der Waals surface area contributed by atoms with Crippen LogP contribution in [-0.2, 0) is 6.54 Å². The Balaban J connectivity index is 2.42. The van der Waals surface area contributed by atoms with Gasteiger partial charge in [0.15, 0.2) is 5.65 Å². The molecule has 0 radical (unpaired) electrons. The summed E-state index contributed by atoms with van der Waals surface area (Å²) in [4.78, 5) is 4.38. The van der Waals surface area contributed by atoms with Crippen molar-refractivity contribution in [2.24, 2.45) is 0 Å². The topological polar surface area (TPSA) is 85.5 Å². The first-order chi connectivity index (χ1) is 9.67. The third kappa shape index (κ3) is 1.57. The highest BCUT2D eigenvalue weighted by molar-refractivity contribution is 5.80. The number of aryl methyl sites for hydroxylation is 2. The summed E-state index contributed by atoms with van der Waals surface area (Å²) in [5.41, 5.74) is 9.76. The van der Waals surface area contributed by atoms with Gasteiger partial charge in [-0.15, -0.1) is 0 Å². The molecule has 2 N–H and O–H groups in total. The molecule has 6 nitrogen and oxygen atoms in total. The van der Waals surface area contributed by atoms with Crippen LogP contribution < -0.4 is 5.73 Å². The lowest BCUT2D eigenvalue weighted by Crippen LogP contribution is -2.07. The van der Waals surface area contributed by atoms with Crippen molar-refractivity contribution in [2.45, 2.75) is 20.4 Å². The molecular formula is C14H14N6. The molecule has 0 spiro atoms. The van der Waals surface area contributed by atoms with Crippen LogP contribution in [0.4, 0.5) is 5.95 Å². The van der Waals surface area contributed by atoms with Crippen molar-refractivity contribution in [3.05, 3.63) is 35.5 Å². The van der Waals surface area contributed by atoms with E-state index in [1.54, 1.807) is 10.6 Å². The molecule has 100 valence electrons. The maximum absolute atomic E-state index is 9.26. The zero-order valence-corrected chi connectivity index (χ0v) is 11.3. The standard InChI is InChI=1S/C14H14N6/c1-3-19-13-12(9(2)18-19)17-14(16)20(13)11-7-5-4-6-10(11)8-15/h4-7H,3H2,1-2H3,(H2,16,17). The highest BCUT2D eigenvalue weighted by atomic mass is 15.4. The minimum atomic E-state index is 0.366. The Morgan fingerprint density at radius 3 is 2.80 bits per heavy atom. The van der Waals surface area contributed by atoms with Crippen LogP contribution in [0.5, 0.6) is 0 Å². The minimum absolute atomic E-state index is 0.366. The van der Waals surface area contributed by atoms with Crippen LogP contribution in [0.1, 0.15) is 18.2 Å². The first-order valence-corrected chi connectivity index (χ1v) is 6.38. The first-order valence-electron chi connectivity index (χ1n) is 6.38. The largest absolute Gasteiger partial charge is 0.369 e. The molecule has 0 aliphatic carbocycles. The summed E-state index contributed by atoms with van der Waals surface area (Å²) in [5, 5.41) is 13.7. The first kappa shape index (κ1) is 12.2. The molecule has 3 rings (SSSR count). The third-order valence-electron chi connectivity index (χ3n) is 3.30. The molecule has 2 aromatic heterocycles. The van der Waals surface area contributed by atoms with E-state index >= 15 is 0 Å². The molecule has 0 aliphatic heterocycles. The SMILES string of the molecule is CCn1nc(C)c2nc(N)n(-c3ccccc3C#N)c21. The molecule has 0 atom stereocenters. The van der Waals surface area contributed by atoms with E-state index in [0.29, 0.717) is 18.1 Å². The van der Waals surface area contributed by atoms with Gasteiger partial charge in [-0.1, -0.05) is 12.1 Å². The number of nitrogen functional groups attached to an aromatic ring is 1. The normalized spacial score (nSPS) is 10.8. The molecule has 0 saturated carbocycles. The van der Waals surface area contributed by atoms with Crippen LogP contribution in [0.15, 0.2) is 24.3 Å². The number of imidazole rings is 1. The van der Waals surface area contributed by atoms with E-state index in [4.69, 9.17) is 5.73 Å². The number of nitriles is 1. The van der Waals surface area contributed by atoms with Crippen molar-refractivity contribution in [2.75, 3.05) is 5.73 Å². The van der Waals surface area contributed by atoms with Crippen molar-refractivity contribution in [1.29, 1.82) is 5.26 Å². The Bertz CT molecular complexity index is 833. The Morgan fingerprint density at radius 1 is 1.35 bits per heavy atom. The Labute approximate surface area is 116 Å². The van der Waals surface area contributed by atoms with E-state index < -0.39 is 0 Å². The summed E-state index contributed by atoms with van der Waals surface area (Å²) in [6.45, 7) is 4.63. The molecule has 1 aromatic carbocycles. The van der Waals surface area contributed by atoms with Gasteiger partial charge in [0.05, 0.1) is 16.9 Å². The number of para-hydroxylation sites is 1. The summed E-state index contributed by atoms with van der Waals surface area (Å²) >= 11 is 0. The van der Waals surface area contributed by atoms with E-state index in [1.165, 1.54) is 0 Å². The van der Waals surface area contributed by atoms with Gasteiger partial charge in [0, 0.05) is 6.54 Å². The number of aromatic nitrogens is 4. The molecule has 0 amide bonds. The van der Waals surface area contributed by atoms with Gasteiger partial charge >= 0.3 is 0 Å². The molecule has 3 aromatic rings. The van der Waals surface area contributed by atoms with Crippen LogP contribution in [0, 0.1) is 18.3 Å². The number of benzene rings is 1. The maximum Gasteiger partial charge on any atom is 0.207 e. The molecular weight excluding hydrogens is 252 g/mol. The number of hydrogen-bond donors (Lipinski definition) is 1. The lowest BCUT2D eigenvalue weighted by Gasteiger charge is -2.09. The number of hydrogen-bond acceptors (Lipinski definition) is 4. The number of fused-ring (bicyclic) bond motifs is 1. The quantitative estimate of drug-likeness (QED) is 0.768. The predicted octanol–water partition coefficient (Wildman–Crippen LogP) is 2.00. The smallest absolute Gasteiger partial charge is 0.207 e. The number of nitrogens with zero attached hydrogens (tertiary/aromatic N) is 5. The van der Waals surface area contributed by atoms with Gasteiger partial charge in [0.25, 0.3) is 0 Å². The molecule has 6 heteroatoms. The Morgan fingerprint density at radius 2 is 2.10 bits per heavy atom. The summed E-state index contributed by atoms with van der Waals surface area (Å²) < 4.78 is 3.64. The molecule has 2 heterocycles. The Hall–Kier alpha value is -2.81. The van der Waals surface area contributed by atoms with E-state index in [0.717, 1.165) is 22.5 Å². The van der Waals surface area contributed by atoms with Crippen LogP contribution in [-0.4, -0.2) is 19.3 Å². The molecule has 0 saturated heterocycles. The molecule has 0 aliphatic rings. The number of nitrogens with two attached hydrogens (primary N) is 1. The minimum Gasteiger partial charge on any atom is -0.369 e. The monoisotopic (exact) mass is 266 g/mol. The lowest BCUT2D eigenvalue weighted by atomic mass is 10.2. The van der Waals surface area contributed by atoms with Gasteiger partial charge in [-0.3, -0.25) is 4.57 Å². The number of anilines is 1. The second-order valence-corrected chi connectivity index (χ2v) is 4.51. The van der Waals surface area contributed by atoms with Gasteiger partial charge in [-0.05, 0) is 26.0 Å². The van der Waals surface area contributed by atoms with E-state index in [1.807, 2.05) is 36.7 Å². The average Bonchev–Trinajstić information content (AvgIpc) is 2.95. The van der Waals surface area contributed by atoms with Crippen molar-refractivity contribution in [1.82, 2.24) is 19.3 Å². The van der Waals surface area contributed by atoms with E-state index in [-0.39, 0.29) is 0 Å². The Kier molecular flexibility index (Phi) is 2.68. The highest BCUT2D eigenvalue weighted by Gasteiger charge is 2.19. The van der Waals surface area contributed by atoms with Crippen LogP contribution in [0.3, 0.4) is 0 Å². The van der Waals surface area contributed by atoms with Crippen LogP contribution in [0.2, 0.25) is 0 Å². The van der Waals surface area contributed by atoms with E-state index in [9.17, 15) is 5.26 Å². The fourth-order valence-electron chi connectivity index (χ4n) is 2.41. The fraction of sp³-hybridized carbons (Fsp3) is 0.214. The van der Waals surface area contributed by atoms with Crippen molar-refractivity contribution in [3.63, 3.8) is 0 Å². The van der Waals surface area contributed by atoms with Crippen molar-refractivity contribution in [3.8, 4) is 11.8 Å². The van der Waals surface area contributed by atoms with Gasteiger partial charge in [-0.2, -0.15) is 10.4 Å². The van der Waals surface area contributed by atoms with E-state index in [2.05, 4.69) is 16.2 Å². The molecule has 0 bridgehead atoms. The summed E-state index contributed by atoms with van der Waals surface area (Å²) in [6.07, 6.45) is 0. The lowest BCUT2D eigenvalue weighted by molar-refractivity contribution is 0.663. The fourth-order valence-corrected chi connectivity index (χ4v) is 2.41. The van der Waals surface area contributed by atoms with Crippen molar-refractivity contribution >= 4 is 17.1 Å². The highest BCUT2D eigenvalue weighted by Crippen LogP contribution is 2.26. The van der Waals surface area contributed by atoms with Crippen LogP contribution in [0.25, 0.3) is 16.9 Å². The van der Waals surface area contributed by atoms with Crippen molar-refractivity contribution < 1.29 is 0 Å². The zero-order valence-electron chi connectivity index (χ0n) is 11.3. The summed E-state index contributed by atoms with van der Waals surface area (Å²) in [6, 6.07) is 9.51. The van der Waals surface area contributed by atoms with Crippen LogP contribution >= 0.6 is 0 Å². The average molecular weight is 266 g/mol. The van der Waals surface area contributed by atoms with Gasteiger partial charge in [0.1, 0.15) is 11.6 Å². The molecule has 20 heavy (non-hydrogen) atoms. The predicted molar refractivity (Wildman–Crippen MR) is 76.4 cm³/mol. The molecule has 0 unspecified atom stereocenters. The van der Waals surface area contributed by atoms with Gasteiger partial charge in [-0.25, -0.2) is 9.67 Å². The maximum atomic E-state index is 9.26. The third-order valence-corrected chi connectivity index (χ3v) is 3.30. The zero-order chi connectivity index (χ0) is 14.3. The summed E-state index contributed by atoms with van der Waals surface area (Å²) in [5.74, 6) is 0.366. The van der Waals surface area contributed by atoms with Gasteiger partial charge in [0.2, 0.25) is 5.95 Å². The van der Waals surface area contributed by atoms with Gasteiger partial charge < -0.3 is 5.73 Å². The number of rotatable bonds is 2.